The van der Waals surface area contributed by atoms with Crippen LogP contribution in [0.3, 0.4) is 0 Å². The fraction of sp³-hybridized carbons (Fsp3) is 1.00. The average Bonchev–Trinajstić information content (AvgIpc) is 2.51. The Morgan fingerprint density at radius 1 is 1.06 bits per heavy atom. The van der Waals surface area contributed by atoms with Gasteiger partial charge in [-0.25, -0.2) is 0 Å². The molecule has 2 heteroatoms. The molecule has 0 bridgehead atoms. The Morgan fingerprint density at radius 2 is 1.81 bits per heavy atom. The van der Waals surface area contributed by atoms with E-state index in [-0.39, 0.29) is 0 Å². The maximum Gasteiger partial charge on any atom is 0.0223 e. The zero-order chi connectivity index (χ0) is 11.6. The monoisotopic (exact) mass is 224 g/mol. The van der Waals surface area contributed by atoms with Gasteiger partial charge in [-0.05, 0) is 59.2 Å². The van der Waals surface area contributed by atoms with Crippen molar-refractivity contribution in [3.63, 3.8) is 0 Å². The van der Waals surface area contributed by atoms with Crippen LogP contribution < -0.4 is 0 Å². The number of rotatable bonds is 2. The molecule has 2 aliphatic heterocycles. The predicted octanol–water partition coefficient (Wildman–Crippen LogP) is 2.74. The maximum absolute atomic E-state index is 2.75. The molecule has 2 aliphatic rings. The Hall–Kier alpha value is -0.0800. The van der Waals surface area contributed by atoms with Crippen LogP contribution in [-0.2, 0) is 0 Å². The van der Waals surface area contributed by atoms with Gasteiger partial charge in [-0.2, -0.15) is 0 Å². The summed E-state index contributed by atoms with van der Waals surface area (Å²) in [4.78, 5) is 5.48. The molecule has 0 N–H and O–H groups in total. The van der Waals surface area contributed by atoms with E-state index in [1.165, 1.54) is 58.3 Å². The SMILES string of the molecule is CCC(C)(C)N1CCCN2CCCCC2C1. The summed E-state index contributed by atoms with van der Waals surface area (Å²) in [5.41, 5.74) is 0.396. The maximum atomic E-state index is 2.75. The van der Waals surface area contributed by atoms with Crippen LogP contribution in [0.2, 0.25) is 0 Å². The summed E-state index contributed by atoms with van der Waals surface area (Å²) in [5, 5.41) is 0. The van der Waals surface area contributed by atoms with Crippen molar-refractivity contribution in [2.45, 2.75) is 64.5 Å². The molecule has 2 heterocycles. The van der Waals surface area contributed by atoms with E-state index in [9.17, 15) is 0 Å². The van der Waals surface area contributed by atoms with Crippen molar-refractivity contribution in [3.05, 3.63) is 0 Å². The smallest absolute Gasteiger partial charge is 0.0223 e. The van der Waals surface area contributed by atoms with Crippen LogP contribution in [0.25, 0.3) is 0 Å². The first kappa shape index (κ1) is 12.4. The van der Waals surface area contributed by atoms with E-state index in [1.807, 2.05) is 0 Å². The van der Waals surface area contributed by atoms with Gasteiger partial charge in [-0.1, -0.05) is 13.3 Å². The number of nitrogens with zero attached hydrogens (tertiary/aromatic N) is 2. The topological polar surface area (TPSA) is 6.48 Å². The normalized spacial score (nSPS) is 29.8. The van der Waals surface area contributed by atoms with Gasteiger partial charge in [0.15, 0.2) is 0 Å². The van der Waals surface area contributed by atoms with Gasteiger partial charge in [0.1, 0.15) is 0 Å². The summed E-state index contributed by atoms with van der Waals surface area (Å²) in [5.74, 6) is 0. The first-order valence-electron chi connectivity index (χ1n) is 7.12. The van der Waals surface area contributed by atoms with Gasteiger partial charge >= 0.3 is 0 Å². The third-order valence-electron chi connectivity index (χ3n) is 4.77. The van der Waals surface area contributed by atoms with E-state index in [4.69, 9.17) is 0 Å². The molecule has 2 saturated heterocycles. The van der Waals surface area contributed by atoms with E-state index in [1.54, 1.807) is 0 Å². The van der Waals surface area contributed by atoms with Gasteiger partial charge in [0.05, 0.1) is 0 Å². The third kappa shape index (κ3) is 2.60. The minimum Gasteiger partial charge on any atom is -0.299 e. The lowest BCUT2D eigenvalue weighted by atomic mass is 9.96. The van der Waals surface area contributed by atoms with Crippen molar-refractivity contribution in [1.29, 1.82) is 0 Å². The van der Waals surface area contributed by atoms with Crippen LogP contribution in [-0.4, -0.2) is 47.6 Å². The van der Waals surface area contributed by atoms with Gasteiger partial charge in [-0.15, -0.1) is 0 Å². The van der Waals surface area contributed by atoms with E-state index in [0.717, 1.165) is 6.04 Å². The molecule has 16 heavy (non-hydrogen) atoms. The molecule has 0 aromatic rings. The molecule has 2 fully saturated rings. The molecule has 2 rings (SSSR count). The minimum atomic E-state index is 0.396. The molecule has 0 spiro atoms. The highest BCUT2D eigenvalue weighted by Gasteiger charge is 2.32. The second kappa shape index (κ2) is 5.05. The van der Waals surface area contributed by atoms with Crippen LogP contribution in [0.5, 0.6) is 0 Å². The zero-order valence-electron chi connectivity index (χ0n) is 11.3. The minimum absolute atomic E-state index is 0.396. The van der Waals surface area contributed by atoms with Crippen molar-refractivity contribution in [2.24, 2.45) is 0 Å². The highest BCUT2D eigenvalue weighted by molar-refractivity contribution is 4.89. The fourth-order valence-electron chi connectivity index (χ4n) is 3.14. The Balaban J connectivity index is 2.02. The van der Waals surface area contributed by atoms with E-state index < -0.39 is 0 Å². The highest BCUT2D eigenvalue weighted by Crippen LogP contribution is 2.26. The van der Waals surface area contributed by atoms with Gasteiger partial charge < -0.3 is 0 Å². The lowest BCUT2D eigenvalue weighted by Gasteiger charge is -2.41. The van der Waals surface area contributed by atoms with Crippen molar-refractivity contribution >= 4 is 0 Å². The second-order valence-corrected chi connectivity index (χ2v) is 6.15. The van der Waals surface area contributed by atoms with Crippen LogP contribution in [0.4, 0.5) is 0 Å². The second-order valence-electron chi connectivity index (χ2n) is 6.15. The Bertz CT molecular complexity index is 225. The lowest BCUT2D eigenvalue weighted by Crippen LogP contribution is -2.50. The Morgan fingerprint density at radius 3 is 2.56 bits per heavy atom. The van der Waals surface area contributed by atoms with Crippen molar-refractivity contribution in [2.75, 3.05) is 26.2 Å². The quantitative estimate of drug-likeness (QED) is 0.711. The molecule has 1 unspecified atom stereocenters. The number of fused-ring (bicyclic) bond motifs is 1. The van der Waals surface area contributed by atoms with Gasteiger partial charge in [0.2, 0.25) is 0 Å². The van der Waals surface area contributed by atoms with Crippen LogP contribution in [0, 0.1) is 0 Å². The van der Waals surface area contributed by atoms with E-state index >= 15 is 0 Å². The van der Waals surface area contributed by atoms with Crippen molar-refractivity contribution in [3.8, 4) is 0 Å². The van der Waals surface area contributed by atoms with Crippen LogP contribution in [0.15, 0.2) is 0 Å². The lowest BCUT2D eigenvalue weighted by molar-refractivity contribution is 0.0812. The number of hydrogen-bond acceptors (Lipinski definition) is 2. The molecule has 0 aliphatic carbocycles. The fourth-order valence-corrected chi connectivity index (χ4v) is 3.14. The predicted molar refractivity (Wildman–Crippen MR) is 69.8 cm³/mol. The molecular weight excluding hydrogens is 196 g/mol. The number of hydrogen-bond donors (Lipinski definition) is 0. The summed E-state index contributed by atoms with van der Waals surface area (Å²) in [7, 11) is 0. The van der Waals surface area contributed by atoms with Gasteiger partial charge in [0, 0.05) is 18.1 Å². The first-order chi connectivity index (χ1) is 7.63. The molecule has 0 saturated carbocycles. The third-order valence-corrected chi connectivity index (χ3v) is 4.77. The van der Waals surface area contributed by atoms with E-state index in [2.05, 4.69) is 30.6 Å². The van der Waals surface area contributed by atoms with Crippen LogP contribution >= 0.6 is 0 Å². The van der Waals surface area contributed by atoms with E-state index in [0.29, 0.717) is 5.54 Å². The zero-order valence-corrected chi connectivity index (χ0v) is 11.3. The molecule has 0 radical (unpaired) electrons. The standard InChI is InChI=1S/C14H28N2/c1-4-14(2,3)16-11-7-10-15-9-6-5-8-13(15)12-16/h13H,4-12H2,1-3H3. The highest BCUT2D eigenvalue weighted by atomic mass is 15.3. The molecule has 1 atom stereocenters. The summed E-state index contributed by atoms with van der Waals surface area (Å²) >= 11 is 0. The molecule has 0 aromatic heterocycles. The summed E-state index contributed by atoms with van der Waals surface area (Å²) < 4.78 is 0. The summed E-state index contributed by atoms with van der Waals surface area (Å²) in [6.45, 7) is 12.4. The average molecular weight is 224 g/mol. The summed E-state index contributed by atoms with van der Waals surface area (Å²) in [6.07, 6.45) is 6.92. The molecule has 2 nitrogen and oxygen atoms in total. The van der Waals surface area contributed by atoms with Gasteiger partial charge in [-0.3, -0.25) is 9.80 Å². The number of piperidine rings is 1. The molecule has 94 valence electrons. The first-order valence-corrected chi connectivity index (χ1v) is 7.12. The summed E-state index contributed by atoms with van der Waals surface area (Å²) in [6, 6.07) is 0.849. The Labute approximate surface area is 101 Å². The van der Waals surface area contributed by atoms with Crippen molar-refractivity contribution in [1.82, 2.24) is 9.80 Å². The molecular formula is C14H28N2. The van der Waals surface area contributed by atoms with Crippen molar-refractivity contribution < 1.29 is 0 Å². The van der Waals surface area contributed by atoms with Crippen LogP contribution in [0.1, 0.15) is 52.9 Å². The van der Waals surface area contributed by atoms with Gasteiger partial charge in [0.25, 0.3) is 0 Å². The molecule has 0 amide bonds. The molecule has 0 aromatic carbocycles. The largest absolute Gasteiger partial charge is 0.299 e. The Kier molecular flexibility index (Phi) is 3.91.